The van der Waals surface area contributed by atoms with Crippen molar-refractivity contribution in [3.63, 3.8) is 0 Å². The zero-order valence-corrected chi connectivity index (χ0v) is 10.2. The Morgan fingerprint density at radius 3 is 2.72 bits per heavy atom. The third-order valence-electron chi connectivity index (χ3n) is 2.90. The van der Waals surface area contributed by atoms with E-state index in [0.29, 0.717) is 12.8 Å². The lowest BCUT2D eigenvalue weighted by molar-refractivity contribution is 0.155. The maximum absolute atomic E-state index is 11.3. The van der Waals surface area contributed by atoms with Gasteiger partial charge in [-0.15, -0.1) is 0 Å². The molecule has 1 heterocycles. The summed E-state index contributed by atoms with van der Waals surface area (Å²) in [5.41, 5.74) is 1.12. The second-order valence-electron chi connectivity index (χ2n) is 4.32. The number of rotatable bonds is 5. The zero-order valence-electron chi connectivity index (χ0n) is 10.2. The van der Waals surface area contributed by atoms with Crippen molar-refractivity contribution >= 4 is 6.09 Å². The van der Waals surface area contributed by atoms with Crippen molar-refractivity contribution in [1.82, 2.24) is 5.32 Å². The molecule has 3 unspecified atom stereocenters. The third kappa shape index (κ3) is 3.72. The first-order chi connectivity index (χ1) is 8.69. The number of carbonyl (C=O) groups is 1. The summed E-state index contributed by atoms with van der Waals surface area (Å²) in [5.74, 6) is 0. The predicted octanol–water partition coefficient (Wildman–Crippen LogP) is 1.06. The second kappa shape index (κ2) is 5.84. The van der Waals surface area contributed by atoms with Gasteiger partial charge in [-0.1, -0.05) is 30.3 Å². The fourth-order valence-corrected chi connectivity index (χ4v) is 1.90. The number of amides is 1. The van der Waals surface area contributed by atoms with E-state index in [2.05, 4.69) is 10.1 Å². The van der Waals surface area contributed by atoms with Gasteiger partial charge in [0.25, 0.3) is 0 Å². The predicted molar refractivity (Wildman–Crippen MR) is 65.0 cm³/mol. The number of aliphatic hydroxyl groups excluding tert-OH is 1. The summed E-state index contributed by atoms with van der Waals surface area (Å²) in [7, 11) is 1.33. The monoisotopic (exact) mass is 251 g/mol. The topological polar surface area (TPSA) is 71.1 Å². The van der Waals surface area contributed by atoms with Crippen LogP contribution in [0.3, 0.4) is 0 Å². The van der Waals surface area contributed by atoms with Crippen LogP contribution in [0.25, 0.3) is 0 Å². The van der Waals surface area contributed by atoms with Crippen LogP contribution in [0, 0.1) is 0 Å². The largest absolute Gasteiger partial charge is 0.453 e. The molecule has 1 aliphatic rings. The molecule has 3 atom stereocenters. The Bertz CT molecular complexity index is 395. The minimum absolute atomic E-state index is 0.109. The summed E-state index contributed by atoms with van der Waals surface area (Å²) in [6.45, 7) is 0. The van der Waals surface area contributed by atoms with Gasteiger partial charge in [-0.3, -0.25) is 0 Å². The number of methoxy groups -OCH3 is 1. The number of ether oxygens (including phenoxy) is 2. The van der Waals surface area contributed by atoms with Crippen molar-refractivity contribution in [2.45, 2.75) is 31.3 Å². The summed E-state index contributed by atoms with van der Waals surface area (Å²) < 4.78 is 9.56. The van der Waals surface area contributed by atoms with E-state index in [-0.39, 0.29) is 12.1 Å². The van der Waals surface area contributed by atoms with Gasteiger partial charge in [0.05, 0.1) is 7.11 Å². The second-order valence-corrected chi connectivity index (χ2v) is 4.32. The number of epoxide rings is 1. The van der Waals surface area contributed by atoms with E-state index in [1.807, 2.05) is 30.3 Å². The van der Waals surface area contributed by atoms with Gasteiger partial charge in [-0.05, 0) is 18.4 Å². The molecule has 5 heteroatoms. The van der Waals surface area contributed by atoms with Crippen LogP contribution in [0.5, 0.6) is 0 Å². The molecular formula is C13H17NO4. The van der Waals surface area contributed by atoms with E-state index < -0.39 is 12.4 Å². The van der Waals surface area contributed by atoms with Crippen LogP contribution in [0.1, 0.15) is 12.0 Å². The summed E-state index contributed by atoms with van der Waals surface area (Å²) >= 11 is 0. The van der Waals surface area contributed by atoms with Crippen LogP contribution in [0.2, 0.25) is 0 Å². The first-order valence-corrected chi connectivity index (χ1v) is 5.91. The highest BCUT2D eigenvalue weighted by atomic mass is 16.7. The first kappa shape index (κ1) is 12.9. The fourth-order valence-electron chi connectivity index (χ4n) is 1.90. The van der Waals surface area contributed by atoms with E-state index in [9.17, 15) is 4.79 Å². The maximum Gasteiger partial charge on any atom is 0.407 e. The van der Waals surface area contributed by atoms with Crippen molar-refractivity contribution in [2.75, 3.05) is 7.11 Å². The SMILES string of the molecule is COC(=O)NC(Cc1ccccc1)CC1OC1O. The number of carbonyl (C=O) groups excluding carboxylic acids is 1. The molecule has 1 aromatic carbocycles. The highest BCUT2D eigenvalue weighted by molar-refractivity contribution is 5.67. The maximum atomic E-state index is 11.3. The molecule has 0 bridgehead atoms. The fraction of sp³-hybridized carbons (Fsp3) is 0.462. The van der Waals surface area contributed by atoms with Gasteiger partial charge in [0.1, 0.15) is 6.10 Å². The summed E-state index contributed by atoms with van der Waals surface area (Å²) in [5, 5.41) is 11.9. The number of hydrogen-bond donors (Lipinski definition) is 2. The molecule has 0 aliphatic carbocycles. The number of aliphatic hydroxyl groups is 1. The van der Waals surface area contributed by atoms with Crippen LogP contribution < -0.4 is 5.32 Å². The van der Waals surface area contributed by atoms with Crippen LogP contribution in [0.15, 0.2) is 30.3 Å². The molecule has 98 valence electrons. The van der Waals surface area contributed by atoms with Gasteiger partial charge < -0.3 is 19.9 Å². The van der Waals surface area contributed by atoms with Crippen LogP contribution in [0.4, 0.5) is 4.79 Å². The Labute approximate surface area is 106 Å². The van der Waals surface area contributed by atoms with Crippen molar-refractivity contribution in [3.8, 4) is 0 Å². The van der Waals surface area contributed by atoms with Crippen molar-refractivity contribution in [3.05, 3.63) is 35.9 Å². The molecule has 18 heavy (non-hydrogen) atoms. The normalized spacial score (nSPS) is 23.2. The molecule has 2 N–H and O–H groups in total. The Hall–Kier alpha value is -1.59. The van der Waals surface area contributed by atoms with Gasteiger partial charge in [0.2, 0.25) is 0 Å². The van der Waals surface area contributed by atoms with Crippen molar-refractivity contribution < 1.29 is 19.4 Å². The summed E-state index contributed by atoms with van der Waals surface area (Å²) in [6, 6.07) is 9.73. The smallest absolute Gasteiger partial charge is 0.407 e. The number of alkyl carbamates (subject to hydrolysis) is 1. The summed E-state index contributed by atoms with van der Waals surface area (Å²) in [6.07, 6.45) is -0.0853. The van der Waals surface area contributed by atoms with Gasteiger partial charge in [-0.25, -0.2) is 4.79 Å². The highest BCUT2D eigenvalue weighted by Crippen LogP contribution is 2.24. The quantitative estimate of drug-likeness (QED) is 0.768. The first-order valence-electron chi connectivity index (χ1n) is 5.91. The lowest BCUT2D eigenvalue weighted by Crippen LogP contribution is -2.37. The Morgan fingerprint density at radius 2 is 2.17 bits per heavy atom. The third-order valence-corrected chi connectivity index (χ3v) is 2.90. The molecule has 1 aliphatic heterocycles. The van der Waals surface area contributed by atoms with Gasteiger partial charge in [-0.2, -0.15) is 0 Å². The Kier molecular flexibility index (Phi) is 4.17. The van der Waals surface area contributed by atoms with E-state index in [0.717, 1.165) is 5.56 Å². The Morgan fingerprint density at radius 1 is 1.50 bits per heavy atom. The standard InChI is InChI=1S/C13H17NO4/c1-17-13(16)14-10(8-11-12(15)18-11)7-9-5-3-2-4-6-9/h2-6,10-12,15H,7-8H2,1H3,(H,14,16). The molecule has 0 spiro atoms. The molecule has 0 radical (unpaired) electrons. The van der Waals surface area contributed by atoms with E-state index in [4.69, 9.17) is 9.84 Å². The van der Waals surface area contributed by atoms with Gasteiger partial charge >= 0.3 is 6.09 Å². The lowest BCUT2D eigenvalue weighted by atomic mass is 10.0. The molecule has 0 saturated carbocycles. The zero-order chi connectivity index (χ0) is 13.0. The average molecular weight is 251 g/mol. The van der Waals surface area contributed by atoms with Crippen molar-refractivity contribution in [1.29, 1.82) is 0 Å². The summed E-state index contributed by atoms with van der Waals surface area (Å²) in [4.78, 5) is 11.3. The van der Waals surface area contributed by atoms with Crippen LogP contribution in [-0.4, -0.2) is 36.7 Å². The Balaban J connectivity index is 1.93. The van der Waals surface area contributed by atoms with E-state index >= 15 is 0 Å². The molecule has 2 rings (SSSR count). The van der Waals surface area contributed by atoms with Crippen LogP contribution in [-0.2, 0) is 15.9 Å². The number of nitrogens with one attached hydrogen (secondary N) is 1. The minimum atomic E-state index is -0.692. The molecule has 1 saturated heterocycles. The van der Waals surface area contributed by atoms with E-state index in [1.54, 1.807) is 0 Å². The molecule has 1 amide bonds. The van der Waals surface area contributed by atoms with Crippen LogP contribution >= 0.6 is 0 Å². The van der Waals surface area contributed by atoms with Gasteiger partial charge in [0.15, 0.2) is 6.29 Å². The van der Waals surface area contributed by atoms with Crippen molar-refractivity contribution in [2.24, 2.45) is 0 Å². The molecule has 0 aromatic heterocycles. The molecular weight excluding hydrogens is 234 g/mol. The minimum Gasteiger partial charge on any atom is -0.453 e. The van der Waals surface area contributed by atoms with Gasteiger partial charge in [0, 0.05) is 6.04 Å². The lowest BCUT2D eigenvalue weighted by Gasteiger charge is -2.17. The average Bonchev–Trinajstić information content (AvgIpc) is 3.05. The molecule has 1 aromatic rings. The van der Waals surface area contributed by atoms with E-state index in [1.165, 1.54) is 7.11 Å². The highest BCUT2D eigenvalue weighted by Gasteiger charge is 2.38. The number of benzene rings is 1. The molecule has 5 nitrogen and oxygen atoms in total. The number of hydrogen-bond acceptors (Lipinski definition) is 4. The molecule has 1 fully saturated rings.